The fourth-order valence-electron chi connectivity index (χ4n) is 2.75. The van der Waals surface area contributed by atoms with Gasteiger partial charge in [0.05, 0.1) is 5.69 Å². The lowest BCUT2D eigenvalue weighted by Gasteiger charge is -2.14. The van der Waals surface area contributed by atoms with Gasteiger partial charge in [0.1, 0.15) is 0 Å². The average molecular weight is 292 g/mol. The Hall–Kier alpha value is -2.42. The number of nitrogens with one attached hydrogen (secondary N) is 1. The van der Waals surface area contributed by atoms with Gasteiger partial charge in [0.2, 0.25) is 0 Å². The first-order valence-electron chi connectivity index (χ1n) is 7.76. The van der Waals surface area contributed by atoms with Crippen molar-refractivity contribution in [2.45, 2.75) is 32.6 Å². The smallest absolute Gasteiger partial charge is 0.251 e. The summed E-state index contributed by atoms with van der Waals surface area (Å²) in [5.74, 6) is 0.0236. The van der Waals surface area contributed by atoms with E-state index in [9.17, 15) is 4.79 Å². The van der Waals surface area contributed by atoms with Crippen LogP contribution in [0.2, 0.25) is 0 Å². The number of hydrogen-bond acceptors (Lipinski definition) is 2. The third-order valence-electron chi connectivity index (χ3n) is 4.02. The maximum absolute atomic E-state index is 12.3. The lowest BCUT2D eigenvalue weighted by molar-refractivity contribution is -0.113. The van der Waals surface area contributed by atoms with Gasteiger partial charge in [-0.3, -0.25) is 9.78 Å². The Morgan fingerprint density at radius 2 is 2.09 bits per heavy atom. The number of aryl methyl sites for hydroxylation is 1. The summed E-state index contributed by atoms with van der Waals surface area (Å²) in [4.78, 5) is 16.7. The number of rotatable bonds is 3. The standard InChI is InChI=1S/C19H20N2O/c1-14-10-11-16(13-17(14)18-9-5-6-12-20-18)21-19(22)15-7-3-2-4-8-15/h5-7,9-13H,2-4,8H2,1H3,(H,21,22). The van der Waals surface area contributed by atoms with Crippen molar-refractivity contribution in [1.82, 2.24) is 4.98 Å². The molecule has 3 nitrogen and oxygen atoms in total. The molecule has 1 aliphatic rings. The van der Waals surface area contributed by atoms with Crippen molar-refractivity contribution in [2.24, 2.45) is 0 Å². The molecule has 1 N–H and O–H groups in total. The first kappa shape index (κ1) is 14.5. The molecule has 112 valence electrons. The van der Waals surface area contributed by atoms with Crippen LogP contribution in [0.1, 0.15) is 31.2 Å². The van der Waals surface area contributed by atoms with E-state index in [0.29, 0.717) is 0 Å². The van der Waals surface area contributed by atoms with Crippen LogP contribution in [-0.4, -0.2) is 10.9 Å². The number of carbonyl (C=O) groups is 1. The average Bonchev–Trinajstić information content (AvgIpc) is 2.58. The predicted octanol–water partition coefficient (Wildman–Crippen LogP) is 4.50. The molecule has 0 fully saturated rings. The molecule has 0 unspecified atom stereocenters. The molecule has 0 atom stereocenters. The Kier molecular flexibility index (Phi) is 4.33. The van der Waals surface area contributed by atoms with Crippen LogP contribution in [0.4, 0.5) is 5.69 Å². The van der Waals surface area contributed by atoms with Crippen molar-refractivity contribution < 1.29 is 4.79 Å². The van der Waals surface area contributed by atoms with Crippen molar-refractivity contribution in [3.8, 4) is 11.3 Å². The summed E-state index contributed by atoms with van der Waals surface area (Å²) in [5, 5.41) is 3.01. The summed E-state index contributed by atoms with van der Waals surface area (Å²) in [6, 6.07) is 11.8. The van der Waals surface area contributed by atoms with E-state index < -0.39 is 0 Å². The zero-order chi connectivity index (χ0) is 15.4. The van der Waals surface area contributed by atoms with E-state index >= 15 is 0 Å². The highest BCUT2D eigenvalue weighted by Crippen LogP contribution is 2.26. The van der Waals surface area contributed by atoms with Gasteiger partial charge in [-0.25, -0.2) is 0 Å². The lowest BCUT2D eigenvalue weighted by atomic mass is 9.99. The minimum absolute atomic E-state index is 0.0236. The van der Waals surface area contributed by atoms with E-state index in [0.717, 1.165) is 47.3 Å². The largest absolute Gasteiger partial charge is 0.322 e. The number of aromatic nitrogens is 1. The topological polar surface area (TPSA) is 42.0 Å². The minimum Gasteiger partial charge on any atom is -0.322 e. The maximum Gasteiger partial charge on any atom is 0.251 e. The van der Waals surface area contributed by atoms with Gasteiger partial charge in [0.15, 0.2) is 0 Å². The van der Waals surface area contributed by atoms with Gasteiger partial charge in [-0.05, 0) is 62.4 Å². The molecule has 3 heteroatoms. The minimum atomic E-state index is 0.0236. The molecule has 1 amide bonds. The number of anilines is 1. The summed E-state index contributed by atoms with van der Waals surface area (Å²) in [5.41, 5.74) is 4.85. The molecule has 0 bridgehead atoms. The Balaban J connectivity index is 1.83. The van der Waals surface area contributed by atoms with E-state index in [-0.39, 0.29) is 5.91 Å². The molecular weight excluding hydrogens is 272 g/mol. The molecule has 1 heterocycles. The highest BCUT2D eigenvalue weighted by Gasteiger charge is 2.13. The van der Waals surface area contributed by atoms with E-state index in [1.807, 2.05) is 36.4 Å². The van der Waals surface area contributed by atoms with Crippen LogP contribution < -0.4 is 5.32 Å². The summed E-state index contributed by atoms with van der Waals surface area (Å²) >= 11 is 0. The summed E-state index contributed by atoms with van der Waals surface area (Å²) in [6.45, 7) is 2.05. The van der Waals surface area contributed by atoms with Gasteiger partial charge in [-0.2, -0.15) is 0 Å². The Bertz CT molecular complexity index is 705. The van der Waals surface area contributed by atoms with Crippen molar-refractivity contribution in [1.29, 1.82) is 0 Å². The molecule has 2 aromatic rings. The third-order valence-corrected chi connectivity index (χ3v) is 4.02. The van der Waals surface area contributed by atoms with Gasteiger partial charge in [-0.1, -0.05) is 18.2 Å². The van der Waals surface area contributed by atoms with Crippen LogP contribution in [0.25, 0.3) is 11.3 Å². The van der Waals surface area contributed by atoms with Gasteiger partial charge in [-0.15, -0.1) is 0 Å². The normalized spacial score (nSPS) is 14.3. The fraction of sp³-hybridized carbons (Fsp3) is 0.263. The van der Waals surface area contributed by atoms with Crippen molar-refractivity contribution in [3.05, 3.63) is 59.8 Å². The molecule has 0 radical (unpaired) electrons. The zero-order valence-electron chi connectivity index (χ0n) is 12.8. The monoisotopic (exact) mass is 292 g/mol. The number of carbonyl (C=O) groups excluding carboxylic acids is 1. The summed E-state index contributed by atoms with van der Waals surface area (Å²) < 4.78 is 0. The molecule has 1 aromatic heterocycles. The van der Waals surface area contributed by atoms with Crippen molar-refractivity contribution in [2.75, 3.05) is 5.32 Å². The Labute approximate surface area is 131 Å². The van der Waals surface area contributed by atoms with E-state index in [2.05, 4.69) is 23.3 Å². The van der Waals surface area contributed by atoms with Gasteiger partial charge in [0.25, 0.3) is 5.91 Å². The molecular formula is C19H20N2O. The van der Waals surface area contributed by atoms with Crippen LogP contribution in [0.5, 0.6) is 0 Å². The number of amides is 1. The second-order valence-corrected chi connectivity index (χ2v) is 5.67. The van der Waals surface area contributed by atoms with E-state index in [4.69, 9.17) is 0 Å². The number of hydrogen-bond donors (Lipinski definition) is 1. The number of benzene rings is 1. The van der Waals surface area contributed by atoms with E-state index in [1.54, 1.807) is 6.20 Å². The van der Waals surface area contributed by atoms with Gasteiger partial charge >= 0.3 is 0 Å². The molecule has 0 aliphatic heterocycles. The highest BCUT2D eigenvalue weighted by atomic mass is 16.1. The second kappa shape index (κ2) is 6.56. The lowest BCUT2D eigenvalue weighted by Crippen LogP contribution is -2.16. The van der Waals surface area contributed by atoms with Crippen LogP contribution >= 0.6 is 0 Å². The molecule has 0 saturated heterocycles. The second-order valence-electron chi connectivity index (χ2n) is 5.67. The number of pyridine rings is 1. The Morgan fingerprint density at radius 3 is 2.82 bits per heavy atom. The highest BCUT2D eigenvalue weighted by molar-refractivity contribution is 6.04. The van der Waals surface area contributed by atoms with Crippen LogP contribution in [0.3, 0.4) is 0 Å². The molecule has 0 spiro atoms. The van der Waals surface area contributed by atoms with Crippen molar-refractivity contribution >= 4 is 11.6 Å². The molecule has 22 heavy (non-hydrogen) atoms. The SMILES string of the molecule is Cc1ccc(NC(=O)C2=CCCCC2)cc1-c1ccccn1. The quantitative estimate of drug-likeness (QED) is 0.905. The molecule has 3 rings (SSSR count). The number of nitrogens with zero attached hydrogens (tertiary/aromatic N) is 1. The first-order valence-corrected chi connectivity index (χ1v) is 7.76. The van der Waals surface area contributed by atoms with Crippen LogP contribution in [-0.2, 0) is 4.79 Å². The molecule has 1 aromatic carbocycles. The summed E-state index contributed by atoms with van der Waals surface area (Å²) in [6.07, 6.45) is 8.03. The van der Waals surface area contributed by atoms with Gasteiger partial charge in [0, 0.05) is 23.0 Å². The zero-order valence-corrected chi connectivity index (χ0v) is 12.8. The van der Waals surface area contributed by atoms with Crippen molar-refractivity contribution in [3.63, 3.8) is 0 Å². The van der Waals surface area contributed by atoms with Gasteiger partial charge < -0.3 is 5.32 Å². The van der Waals surface area contributed by atoms with Crippen LogP contribution in [0, 0.1) is 6.92 Å². The predicted molar refractivity (Wildman–Crippen MR) is 89.6 cm³/mol. The first-order chi connectivity index (χ1) is 10.7. The summed E-state index contributed by atoms with van der Waals surface area (Å²) in [7, 11) is 0. The van der Waals surface area contributed by atoms with E-state index in [1.165, 1.54) is 6.42 Å². The maximum atomic E-state index is 12.3. The Morgan fingerprint density at radius 1 is 1.18 bits per heavy atom. The molecule has 0 saturated carbocycles. The number of allylic oxidation sites excluding steroid dienone is 1. The van der Waals surface area contributed by atoms with Crippen LogP contribution in [0.15, 0.2) is 54.2 Å². The molecule has 1 aliphatic carbocycles. The third kappa shape index (κ3) is 3.25. The fourth-order valence-corrected chi connectivity index (χ4v) is 2.75.